The molecule has 3 N–H and O–H groups in total. The van der Waals surface area contributed by atoms with Gasteiger partial charge in [-0.15, -0.1) is 0 Å². The number of fused-ring (bicyclic) bond motifs is 1. The van der Waals surface area contributed by atoms with Crippen LogP contribution >= 0.6 is 11.6 Å². The van der Waals surface area contributed by atoms with Crippen LogP contribution in [0.1, 0.15) is 32.7 Å². The topological polar surface area (TPSA) is 92.1 Å². The van der Waals surface area contributed by atoms with E-state index in [1.54, 1.807) is 6.20 Å². The number of halogens is 4. The molecule has 3 heterocycles. The van der Waals surface area contributed by atoms with Crippen LogP contribution in [0.4, 0.5) is 19.0 Å². The minimum atomic E-state index is -5.08. The Hall–Kier alpha value is -2.85. The average molecular weight is 484 g/mol. The zero-order valence-electron chi connectivity index (χ0n) is 18.2. The summed E-state index contributed by atoms with van der Waals surface area (Å²) < 4.78 is 33.8. The molecule has 1 saturated heterocycles. The number of carboxylic acid groups (broad SMARTS) is 1. The molecule has 0 bridgehead atoms. The van der Waals surface area contributed by atoms with E-state index in [4.69, 9.17) is 21.5 Å². The number of aromatic nitrogens is 3. The quantitative estimate of drug-likeness (QED) is 0.476. The van der Waals surface area contributed by atoms with Gasteiger partial charge in [0.1, 0.15) is 5.82 Å². The minimum absolute atomic E-state index is 0.313. The lowest BCUT2D eigenvalue weighted by Crippen LogP contribution is -2.35. The summed E-state index contributed by atoms with van der Waals surface area (Å²) in [5.41, 5.74) is 3.20. The van der Waals surface area contributed by atoms with Crippen LogP contribution in [0.2, 0.25) is 5.02 Å². The molecule has 0 spiro atoms. The van der Waals surface area contributed by atoms with E-state index < -0.39 is 12.1 Å². The predicted molar refractivity (Wildman–Crippen MR) is 122 cm³/mol. The third kappa shape index (κ3) is 6.35. The zero-order chi connectivity index (χ0) is 24.2. The molecular formula is C22H25ClF3N5O2. The molecule has 0 saturated carbocycles. The van der Waals surface area contributed by atoms with E-state index >= 15 is 0 Å². The number of carboxylic acids is 1. The Kier molecular flexibility index (Phi) is 7.80. The van der Waals surface area contributed by atoms with Crippen molar-refractivity contribution in [3.05, 3.63) is 41.7 Å². The summed E-state index contributed by atoms with van der Waals surface area (Å²) in [6, 6.07) is 9.20. The lowest BCUT2D eigenvalue weighted by atomic mass is 10.0. The first-order valence-corrected chi connectivity index (χ1v) is 10.8. The Morgan fingerprint density at radius 2 is 1.91 bits per heavy atom. The van der Waals surface area contributed by atoms with Crippen molar-refractivity contribution in [2.45, 2.75) is 44.9 Å². The standard InChI is InChI=1S/C20H24ClN5.C2HF3O2/c1-13(2)26-19-9-14(3-4-15(19)11-24-26)17-10-20(23-12-18(17)21)25-16-5-7-22-8-6-16;3-2(4,5)1(6)7/h3-4,9-13,16,22H,5-8H2,1-2H3,(H,23,25);(H,6,7). The van der Waals surface area contributed by atoms with E-state index in [0.29, 0.717) is 17.1 Å². The molecule has 0 atom stereocenters. The summed E-state index contributed by atoms with van der Waals surface area (Å²) in [4.78, 5) is 13.4. The fourth-order valence-electron chi connectivity index (χ4n) is 3.53. The van der Waals surface area contributed by atoms with Crippen molar-refractivity contribution in [1.82, 2.24) is 20.1 Å². The third-order valence-electron chi connectivity index (χ3n) is 5.19. The van der Waals surface area contributed by atoms with Crippen molar-refractivity contribution >= 4 is 34.3 Å². The predicted octanol–water partition coefficient (Wildman–Crippen LogP) is 5.13. The number of piperidine rings is 1. The molecule has 3 aromatic rings. The molecule has 1 aliphatic heterocycles. The summed E-state index contributed by atoms with van der Waals surface area (Å²) >= 11 is 6.48. The monoisotopic (exact) mass is 483 g/mol. The van der Waals surface area contributed by atoms with E-state index in [1.165, 1.54) is 0 Å². The normalized spacial score (nSPS) is 14.8. The van der Waals surface area contributed by atoms with Gasteiger partial charge >= 0.3 is 12.1 Å². The fourth-order valence-corrected chi connectivity index (χ4v) is 3.74. The Morgan fingerprint density at radius 3 is 2.52 bits per heavy atom. The van der Waals surface area contributed by atoms with Crippen LogP contribution in [0, 0.1) is 0 Å². The van der Waals surface area contributed by atoms with Crippen LogP contribution < -0.4 is 10.6 Å². The van der Waals surface area contributed by atoms with Gasteiger partial charge in [0.05, 0.1) is 16.7 Å². The van der Waals surface area contributed by atoms with Crippen LogP contribution in [-0.4, -0.2) is 51.1 Å². The molecule has 178 valence electrons. The highest BCUT2D eigenvalue weighted by Crippen LogP contribution is 2.32. The van der Waals surface area contributed by atoms with E-state index in [1.807, 2.05) is 10.9 Å². The van der Waals surface area contributed by atoms with Gasteiger partial charge in [-0.2, -0.15) is 18.3 Å². The largest absolute Gasteiger partial charge is 0.490 e. The number of nitrogens with zero attached hydrogens (tertiary/aromatic N) is 3. The first-order chi connectivity index (χ1) is 15.6. The Labute approximate surface area is 194 Å². The Morgan fingerprint density at radius 1 is 1.24 bits per heavy atom. The van der Waals surface area contributed by atoms with Gasteiger partial charge in [-0.05, 0) is 57.5 Å². The van der Waals surface area contributed by atoms with Gasteiger partial charge in [-0.25, -0.2) is 9.78 Å². The molecule has 33 heavy (non-hydrogen) atoms. The van der Waals surface area contributed by atoms with Crippen LogP contribution in [0.25, 0.3) is 22.0 Å². The molecule has 0 radical (unpaired) electrons. The van der Waals surface area contributed by atoms with E-state index in [0.717, 1.165) is 53.8 Å². The number of anilines is 1. The first kappa shape index (κ1) is 24.8. The second kappa shape index (κ2) is 10.4. The van der Waals surface area contributed by atoms with Gasteiger partial charge in [0.25, 0.3) is 0 Å². The minimum Gasteiger partial charge on any atom is -0.475 e. The number of aliphatic carboxylic acids is 1. The van der Waals surface area contributed by atoms with Crippen molar-refractivity contribution < 1.29 is 23.1 Å². The van der Waals surface area contributed by atoms with Crippen LogP contribution in [0.3, 0.4) is 0 Å². The summed E-state index contributed by atoms with van der Waals surface area (Å²) in [6.45, 7) is 6.38. The first-order valence-electron chi connectivity index (χ1n) is 10.5. The van der Waals surface area contributed by atoms with Crippen molar-refractivity contribution in [3.63, 3.8) is 0 Å². The number of rotatable bonds is 4. The number of benzene rings is 1. The fraction of sp³-hybridized carbons (Fsp3) is 0.409. The number of nitrogens with one attached hydrogen (secondary N) is 2. The maximum atomic E-state index is 10.6. The van der Waals surface area contributed by atoms with Crippen LogP contribution in [0.5, 0.6) is 0 Å². The molecule has 1 aromatic carbocycles. The molecular weight excluding hydrogens is 459 g/mol. The molecule has 7 nitrogen and oxygen atoms in total. The highest BCUT2D eigenvalue weighted by Gasteiger charge is 2.38. The van der Waals surface area contributed by atoms with Gasteiger partial charge in [0.2, 0.25) is 0 Å². The molecule has 0 amide bonds. The van der Waals surface area contributed by atoms with E-state index in [9.17, 15) is 13.2 Å². The van der Waals surface area contributed by atoms with Gasteiger partial charge in [-0.1, -0.05) is 23.7 Å². The van der Waals surface area contributed by atoms with Gasteiger partial charge in [-0.3, -0.25) is 4.68 Å². The van der Waals surface area contributed by atoms with E-state index in [2.05, 4.69) is 58.8 Å². The molecule has 4 rings (SSSR count). The number of hydrogen-bond acceptors (Lipinski definition) is 5. The highest BCUT2D eigenvalue weighted by atomic mass is 35.5. The summed E-state index contributed by atoms with van der Waals surface area (Å²) in [5.74, 6) is -1.87. The van der Waals surface area contributed by atoms with Gasteiger partial charge in [0, 0.05) is 29.2 Å². The van der Waals surface area contributed by atoms with Gasteiger partial charge < -0.3 is 15.7 Å². The zero-order valence-corrected chi connectivity index (χ0v) is 18.9. The number of carbonyl (C=O) groups is 1. The summed E-state index contributed by atoms with van der Waals surface area (Å²) in [7, 11) is 0. The molecule has 2 aromatic heterocycles. The summed E-state index contributed by atoms with van der Waals surface area (Å²) in [6.07, 6.45) is 0.792. The van der Waals surface area contributed by atoms with Crippen LogP contribution in [-0.2, 0) is 4.79 Å². The lowest BCUT2D eigenvalue weighted by molar-refractivity contribution is -0.192. The molecule has 1 fully saturated rings. The average Bonchev–Trinajstić information content (AvgIpc) is 3.19. The highest BCUT2D eigenvalue weighted by molar-refractivity contribution is 6.33. The molecule has 0 aliphatic carbocycles. The Bertz CT molecular complexity index is 1110. The molecule has 1 aliphatic rings. The smallest absolute Gasteiger partial charge is 0.475 e. The number of hydrogen-bond donors (Lipinski definition) is 3. The van der Waals surface area contributed by atoms with E-state index in [-0.39, 0.29) is 0 Å². The summed E-state index contributed by atoms with van der Waals surface area (Å²) in [5, 5.41) is 20.4. The maximum Gasteiger partial charge on any atom is 0.490 e. The maximum absolute atomic E-state index is 10.6. The Balaban J connectivity index is 0.000000383. The molecule has 11 heteroatoms. The second-order valence-corrected chi connectivity index (χ2v) is 8.38. The third-order valence-corrected chi connectivity index (χ3v) is 5.49. The van der Waals surface area contributed by atoms with Crippen molar-refractivity contribution in [3.8, 4) is 11.1 Å². The lowest BCUT2D eigenvalue weighted by Gasteiger charge is -2.24. The van der Waals surface area contributed by atoms with Crippen molar-refractivity contribution in [2.24, 2.45) is 0 Å². The SMILES string of the molecule is CC(C)n1ncc2ccc(-c3cc(NC4CCNCC4)ncc3Cl)cc21.O=C(O)C(F)(F)F. The number of alkyl halides is 3. The van der Waals surface area contributed by atoms with Gasteiger partial charge in [0.15, 0.2) is 0 Å². The second-order valence-electron chi connectivity index (χ2n) is 7.98. The van der Waals surface area contributed by atoms with Crippen molar-refractivity contribution in [1.29, 1.82) is 0 Å². The van der Waals surface area contributed by atoms with Crippen LogP contribution in [0.15, 0.2) is 36.7 Å². The van der Waals surface area contributed by atoms with Crippen molar-refractivity contribution in [2.75, 3.05) is 18.4 Å². The molecule has 0 unspecified atom stereocenters. The number of pyridine rings is 1.